The molecule has 4 aromatic rings. The number of nitrogens with zero attached hydrogens (tertiary/aromatic N) is 3. The van der Waals surface area contributed by atoms with Gasteiger partial charge >= 0.3 is 0 Å². The highest BCUT2D eigenvalue weighted by Gasteiger charge is 2.11. The number of furan rings is 1. The summed E-state index contributed by atoms with van der Waals surface area (Å²) in [5, 5.41) is 7.11. The van der Waals surface area contributed by atoms with E-state index >= 15 is 0 Å². The Bertz CT molecular complexity index is 1010. The molecular formula is C19H15FN4O2. The molecule has 1 N–H and O–H groups in total. The van der Waals surface area contributed by atoms with E-state index in [-0.39, 0.29) is 5.82 Å². The van der Waals surface area contributed by atoms with Gasteiger partial charge < -0.3 is 14.3 Å². The first-order valence-corrected chi connectivity index (χ1v) is 8.03. The largest absolute Gasteiger partial charge is 0.465 e. The molecule has 0 spiro atoms. The number of aromatic nitrogens is 3. The smallest absolute Gasteiger partial charge is 0.259 e. The fraction of sp³-hybridized carbons (Fsp3) is 0.105. The summed E-state index contributed by atoms with van der Waals surface area (Å²) < 4.78 is 23.8. The predicted octanol–water partition coefficient (Wildman–Crippen LogP) is 4.45. The molecule has 0 fully saturated rings. The van der Waals surface area contributed by atoms with Gasteiger partial charge in [0.05, 0.1) is 12.1 Å². The number of hydrogen-bond acceptors (Lipinski definition) is 6. The summed E-state index contributed by atoms with van der Waals surface area (Å²) in [6.07, 6.45) is 1.65. The average Bonchev–Trinajstić information content (AvgIpc) is 3.30. The second-order valence-corrected chi connectivity index (χ2v) is 5.73. The van der Waals surface area contributed by atoms with Crippen molar-refractivity contribution in [3.05, 3.63) is 72.1 Å². The molecule has 0 aliphatic carbocycles. The monoisotopic (exact) mass is 350 g/mol. The lowest BCUT2D eigenvalue weighted by molar-refractivity contribution is 0.432. The van der Waals surface area contributed by atoms with Crippen molar-refractivity contribution >= 4 is 5.82 Å². The molecule has 3 aromatic heterocycles. The van der Waals surface area contributed by atoms with E-state index in [1.165, 1.54) is 12.1 Å². The SMILES string of the molecule is Cc1ccc(CNc2ccc(-c3nc(-c4ccc(F)cc4)no3)cn2)o1. The summed E-state index contributed by atoms with van der Waals surface area (Å²) in [5.74, 6) is 2.86. The van der Waals surface area contributed by atoms with E-state index in [2.05, 4.69) is 20.4 Å². The lowest BCUT2D eigenvalue weighted by Crippen LogP contribution is -2.00. The highest BCUT2D eigenvalue weighted by Crippen LogP contribution is 2.22. The molecule has 0 saturated carbocycles. The van der Waals surface area contributed by atoms with E-state index in [1.807, 2.05) is 31.2 Å². The van der Waals surface area contributed by atoms with E-state index in [0.29, 0.717) is 35.2 Å². The maximum atomic E-state index is 13.0. The fourth-order valence-corrected chi connectivity index (χ4v) is 2.44. The molecule has 130 valence electrons. The molecule has 7 heteroatoms. The van der Waals surface area contributed by atoms with Crippen LogP contribution in [-0.4, -0.2) is 15.1 Å². The van der Waals surface area contributed by atoms with E-state index < -0.39 is 0 Å². The number of halogens is 1. The van der Waals surface area contributed by atoms with Crippen LogP contribution in [0.4, 0.5) is 10.2 Å². The number of benzene rings is 1. The predicted molar refractivity (Wildman–Crippen MR) is 93.7 cm³/mol. The Morgan fingerprint density at radius 2 is 1.81 bits per heavy atom. The Balaban J connectivity index is 1.46. The van der Waals surface area contributed by atoms with Gasteiger partial charge in [0.25, 0.3) is 5.89 Å². The first-order chi connectivity index (χ1) is 12.7. The second kappa shape index (κ2) is 6.79. The zero-order valence-electron chi connectivity index (χ0n) is 13.9. The van der Waals surface area contributed by atoms with Gasteiger partial charge in [-0.2, -0.15) is 4.98 Å². The van der Waals surface area contributed by atoms with Crippen LogP contribution in [0.5, 0.6) is 0 Å². The highest BCUT2D eigenvalue weighted by molar-refractivity contribution is 5.60. The maximum Gasteiger partial charge on any atom is 0.259 e. The normalized spacial score (nSPS) is 10.8. The molecule has 0 radical (unpaired) electrons. The lowest BCUT2D eigenvalue weighted by Gasteiger charge is -2.03. The molecule has 0 saturated heterocycles. The number of hydrogen-bond donors (Lipinski definition) is 1. The van der Waals surface area contributed by atoms with E-state index in [9.17, 15) is 4.39 Å². The van der Waals surface area contributed by atoms with Crippen molar-refractivity contribution in [2.24, 2.45) is 0 Å². The van der Waals surface area contributed by atoms with Gasteiger partial charge in [-0.1, -0.05) is 5.16 Å². The van der Waals surface area contributed by atoms with Crippen molar-refractivity contribution in [1.29, 1.82) is 0 Å². The van der Waals surface area contributed by atoms with Crippen LogP contribution in [0.2, 0.25) is 0 Å². The summed E-state index contributed by atoms with van der Waals surface area (Å²) in [4.78, 5) is 8.67. The Morgan fingerprint density at radius 3 is 2.50 bits per heavy atom. The first-order valence-electron chi connectivity index (χ1n) is 8.03. The van der Waals surface area contributed by atoms with Gasteiger partial charge in [-0.25, -0.2) is 9.37 Å². The molecule has 0 amide bonds. The van der Waals surface area contributed by atoms with Crippen molar-refractivity contribution in [3.8, 4) is 22.8 Å². The molecule has 0 aliphatic heterocycles. The van der Waals surface area contributed by atoms with Gasteiger partial charge in [0.1, 0.15) is 23.2 Å². The number of pyridine rings is 1. The molecule has 4 rings (SSSR count). The lowest BCUT2D eigenvalue weighted by atomic mass is 10.2. The van der Waals surface area contributed by atoms with Gasteiger partial charge in [-0.3, -0.25) is 0 Å². The van der Waals surface area contributed by atoms with Crippen LogP contribution in [-0.2, 0) is 6.54 Å². The minimum Gasteiger partial charge on any atom is -0.465 e. The highest BCUT2D eigenvalue weighted by atomic mass is 19.1. The molecule has 26 heavy (non-hydrogen) atoms. The number of anilines is 1. The first kappa shape index (κ1) is 16.0. The van der Waals surface area contributed by atoms with Gasteiger partial charge in [-0.15, -0.1) is 0 Å². The summed E-state index contributed by atoms with van der Waals surface area (Å²) in [6.45, 7) is 2.45. The van der Waals surface area contributed by atoms with E-state index in [0.717, 1.165) is 11.5 Å². The molecular weight excluding hydrogens is 335 g/mol. The molecule has 0 unspecified atom stereocenters. The van der Waals surface area contributed by atoms with Crippen molar-refractivity contribution in [2.75, 3.05) is 5.32 Å². The third-order valence-electron chi connectivity index (χ3n) is 3.78. The molecule has 3 heterocycles. The maximum absolute atomic E-state index is 13.0. The van der Waals surface area contributed by atoms with E-state index in [1.54, 1.807) is 18.3 Å². The van der Waals surface area contributed by atoms with Crippen LogP contribution in [0.25, 0.3) is 22.8 Å². The van der Waals surface area contributed by atoms with Crippen LogP contribution >= 0.6 is 0 Å². The van der Waals surface area contributed by atoms with Crippen LogP contribution in [0, 0.1) is 12.7 Å². The second-order valence-electron chi connectivity index (χ2n) is 5.73. The fourth-order valence-electron chi connectivity index (χ4n) is 2.44. The zero-order valence-corrected chi connectivity index (χ0v) is 13.9. The molecule has 1 aromatic carbocycles. The Hall–Kier alpha value is -3.48. The average molecular weight is 350 g/mol. The van der Waals surface area contributed by atoms with Gasteiger partial charge in [0.2, 0.25) is 5.82 Å². The zero-order chi connectivity index (χ0) is 17.9. The van der Waals surface area contributed by atoms with Crippen LogP contribution in [0.3, 0.4) is 0 Å². The van der Waals surface area contributed by atoms with Crippen molar-refractivity contribution in [2.45, 2.75) is 13.5 Å². The van der Waals surface area contributed by atoms with E-state index in [4.69, 9.17) is 8.94 Å². The van der Waals surface area contributed by atoms with Crippen molar-refractivity contribution < 1.29 is 13.3 Å². The van der Waals surface area contributed by atoms with Gasteiger partial charge in [-0.05, 0) is 55.5 Å². The minimum atomic E-state index is -0.311. The van der Waals surface area contributed by atoms with Crippen molar-refractivity contribution in [1.82, 2.24) is 15.1 Å². The Kier molecular flexibility index (Phi) is 4.18. The quantitative estimate of drug-likeness (QED) is 0.573. The summed E-state index contributed by atoms with van der Waals surface area (Å²) in [7, 11) is 0. The molecule has 0 atom stereocenters. The number of rotatable bonds is 5. The summed E-state index contributed by atoms with van der Waals surface area (Å²) >= 11 is 0. The minimum absolute atomic E-state index is 0.311. The number of nitrogens with one attached hydrogen (secondary N) is 1. The molecule has 0 aliphatic rings. The Morgan fingerprint density at radius 1 is 1.00 bits per heavy atom. The topological polar surface area (TPSA) is 77.0 Å². The van der Waals surface area contributed by atoms with Crippen LogP contribution < -0.4 is 5.32 Å². The van der Waals surface area contributed by atoms with Crippen molar-refractivity contribution in [3.63, 3.8) is 0 Å². The third kappa shape index (κ3) is 3.46. The third-order valence-corrected chi connectivity index (χ3v) is 3.78. The Labute approximate surface area is 148 Å². The summed E-state index contributed by atoms with van der Waals surface area (Å²) in [5.41, 5.74) is 1.38. The summed E-state index contributed by atoms with van der Waals surface area (Å²) in [6, 6.07) is 13.4. The van der Waals surface area contributed by atoms with Gasteiger partial charge in [0, 0.05) is 11.8 Å². The molecule has 0 bridgehead atoms. The number of aryl methyl sites for hydroxylation is 1. The molecule has 6 nitrogen and oxygen atoms in total. The van der Waals surface area contributed by atoms with Crippen LogP contribution in [0.15, 0.2) is 63.7 Å². The standard InChI is InChI=1S/C19H15FN4O2/c1-12-2-8-16(25-12)11-22-17-9-5-14(10-21-17)19-23-18(24-26-19)13-3-6-15(20)7-4-13/h2-10H,11H2,1H3,(H,21,22). The van der Waals surface area contributed by atoms with Gasteiger partial charge in [0.15, 0.2) is 0 Å². The van der Waals surface area contributed by atoms with Crippen LogP contribution in [0.1, 0.15) is 11.5 Å².